The summed E-state index contributed by atoms with van der Waals surface area (Å²) in [5, 5.41) is 0. The number of hydrogen-bond acceptors (Lipinski definition) is 8. The molecule has 0 amide bonds. The van der Waals surface area contributed by atoms with E-state index in [0.717, 1.165) is 0 Å². The minimum Gasteiger partial charge on any atom is -0.462 e. The van der Waals surface area contributed by atoms with E-state index >= 15 is 0 Å². The van der Waals surface area contributed by atoms with E-state index in [2.05, 4.69) is 0 Å². The van der Waals surface area contributed by atoms with Crippen LogP contribution in [0, 0.1) is 0 Å². The predicted octanol–water partition coefficient (Wildman–Crippen LogP) is 3.33. The quantitative estimate of drug-likeness (QED) is 0.350. The highest BCUT2D eigenvalue weighted by Crippen LogP contribution is 2.20. The average molecular weight is 414 g/mol. The van der Waals surface area contributed by atoms with Crippen LogP contribution in [0.5, 0.6) is 11.5 Å². The summed E-state index contributed by atoms with van der Waals surface area (Å²) in [5.74, 6) is -2.02. The number of carbonyl (C=O) groups excluding carboxylic acids is 4. The Kier molecular flexibility index (Phi) is 8.56. The van der Waals surface area contributed by atoms with Gasteiger partial charge in [0.05, 0.1) is 13.2 Å². The molecule has 0 aromatic heterocycles. The predicted molar refractivity (Wildman–Crippen MR) is 105 cm³/mol. The second-order valence-electron chi connectivity index (χ2n) is 6.16. The average Bonchev–Trinajstić information content (AvgIpc) is 2.70. The Morgan fingerprint density at radius 2 is 1.00 bits per heavy atom. The van der Waals surface area contributed by atoms with Crippen LogP contribution < -0.4 is 9.47 Å². The largest absolute Gasteiger partial charge is 0.462 e. The molecule has 2 aromatic carbocycles. The highest BCUT2D eigenvalue weighted by Gasteiger charge is 2.16. The third-order valence-corrected chi connectivity index (χ3v) is 3.73. The topological polar surface area (TPSA) is 105 Å². The van der Waals surface area contributed by atoms with Gasteiger partial charge in [0, 0.05) is 13.8 Å². The molecule has 0 unspecified atom stereocenters. The molecule has 0 bridgehead atoms. The third-order valence-electron chi connectivity index (χ3n) is 3.73. The molecule has 0 heterocycles. The van der Waals surface area contributed by atoms with Crippen LogP contribution in [0.4, 0.5) is 0 Å². The molecule has 8 nitrogen and oxygen atoms in total. The first-order valence-corrected chi connectivity index (χ1v) is 9.27. The van der Waals surface area contributed by atoms with Crippen molar-refractivity contribution in [2.75, 3.05) is 13.2 Å². The van der Waals surface area contributed by atoms with E-state index < -0.39 is 23.9 Å². The molecule has 0 aliphatic rings. The lowest BCUT2D eigenvalue weighted by Gasteiger charge is -2.10. The molecular weight excluding hydrogens is 392 g/mol. The first-order valence-electron chi connectivity index (χ1n) is 9.27. The van der Waals surface area contributed by atoms with Gasteiger partial charge in [0.2, 0.25) is 0 Å². The van der Waals surface area contributed by atoms with Crippen molar-refractivity contribution >= 4 is 23.9 Å². The van der Waals surface area contributed by atoms with Gasteiger partial charge in [0.1, 0.15) is 22.6 Å². The highest BCUT2D eigenvalue weighted by atomic mass is 16.6. The van der Waals surface area contributed by atoms with Gasteiger partial charge in [-0.1, -0.05) is 24.3 Å². The van der Waals surface area contributed by atoms with E-state index in [1.165, 1.54) is 38.1 Å². The van der Waals surface area contributed by atoms with E-state index in [0.29, 0.717) is 12.8 Å². The molecule has 0 fully saturated rings. The molecule has 30 heavy (non-hydrogen) atoms. The van der Waals surface area contributed by atoms with Gasteiger partial charge in [-0.2, -0.15) is 0 Å². The third kappa shape index (κ3) is 7.05. The van der Waals surface area contributed by atoms with E-state index in [-0.39, 0.29) is 35.8 Å². The molecule has 0 aliphatic carbocycles. The zero-order chi connectivity index (χ0) is 21.9. The van der Waals surface area contributed by atoms with Crippen LogP contribution >= 0.6 is 0 Å². The Labute approximate surface area is 173 Å². The fourth-order valence-corrected chi connectivity index (χ4v) is 2.45. The van der Waals surface area contributed by atoms with Gasteiger partial charge in [-0.15, -0.1) is 0 Å². The van der Waals surface area contributed by atoms with Crippen molar-refractivity contribution in [2.45, 2.75) is 26.7 Å². The van der Waals surface area contributed by atoms with Gasteiger partial charge >= 0.3 is 23.9 Å². The summed E-state index contributed by atoms with van der Waals surface area (Å²) in [4.78, 5) is 46.5. The van der Waals surface area contributed by atoms with E-state index in [1.54, 1.807) is 24.3 Å². The maximum absolute atomic E-state index is 12.2. The molecule has 158 valence electrons. The molecule has 0 radical (unpaired) electrons. The van der Waals surface area contributed by atoms with Crippen molar-refractivity contribution in [3.63, 3.8) is 0 Å². The number of unbranched alkanes of at least 4 members (excludes halogenated alkanes) is 1. The van der Waals surface area contributed by atoms with Crippen LogP contribution in [0.2, 0.25) is 0 Å². The van der Waals surface area contributed by atoms with Gasteiger partial charge in [0.15, 0.2) is 0 Å². The molecule has 0 saturated carbocycles. The lowest BCUT2D eigenvalue weighted by Crippen LogP contribution is -2.12. The zero-order valence-corrected chi connectivity index (χ0v) is 16.7. The normalized spacial score (nSPS) is 10.1. The Morgan fingerprint density at radius 3 is 1.37 bits per heavy atom. The lowest BCUT2D eigenvalue weighted by molar-refractivity contribution is -0.132. The summed E-state index contributed by atoms with van der Waals surface area (Å²) in [6.07, 6.45) is 0.917. The molecular formula is C22H22O8. The summed E-state index contributed by atoms with van der Waals surface area (Å²) in [5.41, 5.74) is 0.308. The number of rotatable bonds is 9. The van der Waals surface area contributed by atoms with Crippen molar-refractivity contribution < 1.29 is 38.1 Å². The monoisotopic (exact) mass is 414 g/mol. The van der Waals surface area contributed by atoms with Crippen LogP contribution in [0.25, 0.3) is 0 Å². The van der Waals surface area contributed by atoms with Gasteiger partial charge in [-0.05, 0) is 37.1 Å². The summed E-state index contributed by atoms with van der Waals surface area (Å²) in [6, 6.07) is 12.6. The molecule has 2 rings (SSSR count). The summed E-state index contributed by atoms with van der Waals surface area (Å²) in [7, 11) is 0. The minimum atomic E-state index is -0.612. The van der Waals surface area contributed by atoms with Crippen molar-refractivity contribution in [3.05, 3.63) is 59.7 Å². The molecule has 0 atom stereocenters. The van der Waals surface area contributed by atoms with Gasteiger partial charge < -0.3 is 18.9 Å². The maximum atomic E-state index is 12.2. The molecule has 2 aromatic rings. The van der Waals surface area contributed by atoms with Crippen LogP contribution in [0.3, 0.4) is 0 Å². The Morgan fingerprint density at radius 1 is 0.633 bits per heavy atom. The van der Waals surface area contributed by atoms with Crippen molar-refractivity contribution in [2.24, 2.45) is 0 Å². The Hall–Kier alpha value is -3.68. The van der Waals surface area contributed by atoms with Gasteiger partial charge in [0.25, 0.3) is 0 Å². The lowest BCUT2D eigenvalue weighted by atomic mass is 10.2. The fraction of sp³-hybridized carbons (Fsp3) is 0.273. The summed E-state index contributed by atoms with van der Waals surface area (Å²) >= 11 is 0. The van der Waals surface area contributed by atoms with E-state index in [1.807, 2.05) is 0 Å². The summed E-state index contributed by atoms with van der Waals surface area (Å²) < 4.78 is 20.3. The number of para-hydroxylation sites is 2. The standard InChI is InChI=1S/C22H22O8/c1-15(23)29-19-11-5-3-9-17(19)21(25)27-13-7-8-14-28-22(26)18-10-4-6-12-20(18)30-16(2)24/h3-6,9-12H,7-8,13-14H2,1-2H3. The fourth-order valence-electron chi connectivity index (χ4n) is 2.45. The summed E-state index contributed by atoms with van der Waals surface area (Å²) in [6.45, 7) is 2.70. The smallest absolute Gasteiger partial charge is 0.341 e. The van der Waals surface area contributed by atoms with Crippen LogP contribution in [-0.2, 0) is 19.1 Å². The van der Waals surface area contributed by atoms with Crippen molar-refractivity contribution in [1.82, 2.24) is 0 Å². The second kappa shape index (κ2) is 11.4. The van der Waals surface area contributed by atoms with E-state index in [9.17, 15) is 19.2 Å². The van der Waals surface area contributed by atoms with Crippen LogP contribution in [0.15, 0.2) is 48.5 Å². The van der Waals surface area contributed by atoms with Crippen molar-refractivity contribution in [1.29, 1.82) is 0 Å². The van der Waals surface area contributed by atoms with Crippen molar-refractivity contribution in [3.8, 4) is 11.5 Å². The molecule has 0 spiro atoms. The van der Waals surface area contributed by atoms with Crippen LogP contribution in [0.1, 0.15) is 47.4 Å². The minimum absolute atomic E-state index is 0.106. The molecule has 0 aliphatic heterocycles. The number of esters is 4. The first kappa shape index (κ1) is 22.6. The Balaban J connectivity index is 1.75. The second-order valence-corrected chi connectivity index (χ2v) is 6.16. The Bertz CT molecular complexity index is 843. The van der Waals surface area contributed by atoms with Crippen LogP contribution in [-0.4, -0.2) is 37.1 Å². The maximum Gasteiger partial charge on any atom is 0.341 e. The number of hydrogen-bond donors (Lipinski definition) is 0. The highest BCUT2D eigenvalue weighted by molar-refractivity contribution is 5.94. The van der Waals surface area contributed by atoms with Gasteiger partial charge in [-0.25, -0.2) is 9.59 Å². The molecule has 8 heteroatoms. The van der Waals surface area contributed by atoms with E-state index in [4.69, 9.17) is 18.9 Å². The molecule has 0 saturated heterocycles. The van der Waals surface area contributed by atoms with Gasteiger partial charge in [-0.3, -0.25) is 9.59 Å². The zero-order valence-electron chi connectivity index (χ0n) is 16.7. The molecule has 0 N–H and O–H groups in total. The number of carbonyl (C=O) groups is 4. The SMILES string of the molecule is CC(=O)Oc1ccccc1C(=O)OCCCCOC(=O)c1ccccc1OC(C)=O. The number of benzene rings is 2. The first-order chi connectivity index (χ1) is 14.4. The number of ether oxygens (including phenoxy) is 4.